The number of fused-ring (bicyclic) bond motifs is 5. The van der Waals surface area contributed by atoms with Gasteiger partial charge in [-0.2, -0.15) is 4.58 Å². The third kappa shape index (κ3) is 6.05. The van der Waals surface area contributed by atoms with Gasteiger partial charge in [0.15, 0.2) is 18.4 Å². The monoisotopic (exact) mass is 624 g/mol. The number of ether oxygens (including phenoxy) is 2. The number of nitrogens with zero attached hydrogens (tertiary/aromatic N) is 2. The highest BCUT2D eigenvalue weighted by atomic mass is 35.7. The van der Waals surface area contributed by atoms with Crippen LogP contribution < -0.4 is 23.5 Å². The van der Waals surface area contributed by atoms with Gasteiger partial charge in [-0.25, -0.2) is 18.6 Å². The molecule has 2 atom stereocenters. The first kappa shape index (κ1) is 31.9. The molecule has 2 aromatic carbocycles. The van der Waals surface area contributed by atoms with Crippen LogP contribution in [0.4, 0.5) is 11.4 Å². The number of hydrogen-bond acceptors (Lipinski definition) is 9. The number of halogens is 1. The molecule has 4 aliphatic rings. The number of carbonyl (C=O) groups excluding carboxylic acids is 2. The van der Waals surface area contributed by atoms with E-state index in [1.165, 1.54) is 58.9 Å². The number of carbonyl (C=O) groups is 2. The van der Waals surface area contributed by atoms with E-state index in [1.807, 2.05) is 0 Å². The number of anilines is 1. The van der Waals surface area contributed by atoms with Crippen molar-refractivity contribution in [2.24, 2.45) is 0 Å². The molecule has 6 rings (SSSR count). The smallest absolute Gasteiger partial charge is 0.303 e. The van der Waals surface area contributed by atoms with Crippen molar-refractivity contribution in [2.45, 2.75) is 77.4 Å². The van der Waals surface area contributed by atoms with Gasteiger partial charge in [-0.1, -0.05) is 50.2 Å². The Labute approximate surface area is 259 Å². The fraction of sp³-hybridized carbons (Fsp3) is 0.424. The summed E-state index contributed by atoms with van der Waals surface area (Å²) >= 11 is 0. The summed E-state index contributed by atoms with van der Waals surface area (Å²) in [5, 5.41) is 0. The molecule has 0 saturated heterocycles. The zero-order valence-corrected chi connectivity index (χ0v) is 26.5. The molecule has 4 heterocycles. The molecule has 2 unspecified atom stereocenters. The van der Waals surface area contributed by atoms with Crippen LogP contribution in [0.3, 0.4) is 0 Å². The molecule has 0 spiro atoms. The molecule has 0 bridgehead atoms. The molecule has 0 radical (unpaired) electrons. The summed E-state index contributed by atoms with van der Waals surface area (Å²) < 4.78 is 48.0. The van der Waals surface area contributed by atoms with Crippen molar-refractivity contribution in [3.8, 4) is 0 Å². The second-order valence-corrected chi connectivity index (χ2v) is 13.4. The Balaban J connectivity index is 0.000000712. The van der Waals surface area contributed by atoms with Gasteiger partial charge in [-0.15, -0.1) is 10.2 Å². The summed E-state index contributed by atoms with van der Waals surface area (Å²) in [7, 11) is -4.94. The minimum Gasteiger partial charge on any atom is -0.460 e. The van der Waals surface area contributed by atoms with Gasteiger partial charge in [0.05, 0.1) is 12.0 Å². The highest BCUT2D eigenvalue weighted by Crippen LogP contribution is 2.52. The van der Waals surface area contributed by atoms with Gasteiger partial charge in [-0.05, 0) is 37.1 Å². The van der Waals surface area contributed by atoms with Gasteiger partial charge in [0.2, 0.25) is 5.69 Å². The second kappa shape index (κ2) is 11.4. The van der Waals surface area contributed by atoms with E-state index >= 15 is 0 Å². The van der Waals surface area contributed by atoms with Gasteiger partial charge in [-0.3, -0.25) is 9.59 Å². The van der Waals surface area contributed by atoms with Crippen molar-refractivity contribution >= 4 is 29.0 Å². The van der Waals surface area contributed by atoms with Gasteiger partial charge >= 0.3 is 11.9 Å². The highest BCUT2D eigenvalue weighted by molar-refractivity contribution is 6.08. The summed E-state index contributed by atoms with van der Waals surface area (Å²) in [6.07, 6.45) is 3.11. The lowest BCUT2D eigenvalue weighted by Crippen LogP contribution is -2.68. The van der Waals surface area contributed by atoms with Crippen molar-refractivity contribution in [1.29, 1.82) is 0 Å². The van der Waals surface area contributed by atoms with Crippen LogP contribution in [0.1, 0.15) is 65.5 Å². The van der Waals surface area contributed by atoms with Crippen LogP contribution in [0.2, 0.25) is 0 Å². The number of esters is 2. The predicted octanol–water partition coefficient (Wildman–Crippen LogP) is 0.956. The Kier molecular flexibility index (Phi) is 8.28. The second-order valence-electron chi connectivity index (χ2n) is 12.6. The Hall–Kier alpha value is -3.54. The van der Waals surface area contributed by atoms with Crippen molar-refractivity contribution in [1.82, 2.24) is 0 Å². The minimum atomic E-state index is -4.94. The van der Waals surface area contributed by atoms with Crippen molar-refractivity contribution in [3.63, 3.8) is 0 Å². The molecular formula is C33H37ClN2O8. The first-order valence-electron chi connectivity index (χ1n) is 14.5. The Morgan fingerprint density at radius 3 is 2.07 bits per heavy atom. The van der Waals surface area contributed by atoms with E-state index in [1.54, 1.807) is 0 Å². The van der Waals surface area contributed by atoms with Crippen LogP contribution in [-0.4, -0.2) is 47.5 Å². The Bertz CT molecular complexity index is 1590. The summed E-state index contributed by atoms with van der Waals surface area (Å²) in [5.41, 5.74) is 9.37. The van der Waals surface area contributed by atoms with Gasteiger partial charge in [0.1, 0.15) is 6.10 Å². The molecule has 0 aliphatic carbocycles. The molecule has 11 heteroatoms. The molecule has 0 amide bonds. The van der Waals surface area contributed by atoms with E-state index in [4.69, 9.17) is 28.1 Å². The van der Waals surface area contributed by atoms with Crippen LogP contribution in [0.5, 0.6) is 0 Å². The average molecular weight is 625 g/mol. The molecule has 0 N–H and O–H groups in total. The van der Waals surface area contributed by atoms with Gasteiger partial charge in [0.25, 0.3) is 0 Å². The predicted molar refractivity (Wildman–Crippen MR) is 152 cm³/mol. The van der Waals surface area contributed by atoms with E-state index in [0.717, 1.165) is 0 Å². The van der Waals surface area contributed by atoms with Crippen molar-refractivity contribution in [2.75, 3.05) is 18.0 Å². The fourth-order valence-electron chi connectivity index (χ4n) is 7.49. The molecule has 0 saturated carbocycles. The van der Waals surface area contributed by atoms with E-state index in [0.29, 0.717) is 25.9 Å². The van der Waals surface area contributed by atoms with E-state index in [-0.39, 0.29) is 35.0 Å². The molecular weight excluding hydrogens is 588 g/mol. The maximum Gasteiger partial charge on any atom is 0.303 e. The SMILES string of the molecule is CC(=O)OC1CC(C=C2CC(OC(C)=O)C[N+]3=C2C(C)(C)c2ccccc23)=C2N(C1)c1ccccc1C2(C)C.[O-][Cl+3]([O-])([O-])[O-]. The topological polar surface area (TPSA) is 151 Å². The molecule has 10 nitrogen and oxygen atoms in total. The van der Waals surface area contributed by atoms with E-state index in [2.05, 4.69) is 91.8 Å². The maximum absolute atomic E-state index is 12.0. The lowest BCUT2D eigenvalue weighted by atomic mass is 9.75. The number of hydrogen-bond donors (Lipinski definition) is 0. The fourth-order valence-corrected chi connectivity index (χ4v) is 7.49. The highest BCUT2D eigenvalue weighted by Gasteiger charge is 2.51. The van der Waals surface area contributed by atoms with Gasteiger partial charge < -0.3 is 14.4 Å². The number of allylic oxidation sites excluding steroid dienone is 2. The van der Waals surface area contributed by atoms with E-state index < -0.39 is 10.2 Å². The molecule has 2 aromatic rings. The van der Waals surface area contributed by atoms with Crippen LogP contribution in [-0.2, 0) is 29.9 Å². The largest absolute Gasteiger partial charge is 0.460 e. The zero-order valence-electron chi connectivity index (χ0n) is 25.7. The first-order valence-corrected chi connectivity index (χ1v) is 15.7. The van der Waals surface area contributed by atoms with E-state index in [9.17, 15) is 9.59 Å². The summed E-state index contributed by atoms with van der Waals surface area (Å²) in [4.78, 5) is 26.4. The number of para-hydroxylation sites is 2. The van der Waals surface area contributed by atoms with Crippen LogP contribution in [0, 0.1) is 10.2 Å². The summed E-state index contributed by atoms with van der Waals surface area (Å²) in [5.74, 6) is -0.523. The molecule has 44 heavy (non-hydrogen) atoms. The minimum absolute atomic E-state index is 0.202. The summed E-state index contributed by atoms with van der Waals surface area (Å²) in [6, 6.07) is 17.1. The van der Waals surface area contributed by atoms with Crippen molar-refractivity contribution in [3.05, 3.63) is 82.6 Å². The zero-order chi connectivity index (χ0) is 32.2. The Morgan fingerprint density at radius 1 is 0.864 bits per heavy atom. The molecule has 4 aliphatic heterocycles. The lowest BCUT2D eigenvalue weighted by molar-refractivity contribution is -2.00. The Morgan fingerprint density at radius 2 is 1.43 bits per heavy atom. The lowest BCUT2D eigenvalue weighted by Gasteiger charge is -2.37. The van der Waals surface area contributed by atoms with Crippen LogP contribution >= 0.6 is 0 Å². The quantitative estimate of drug-likeness (QED) is 0.359. The van der Waals surface area contributed by atoms with Crippen LogP contribution in [0.15, 0.2) is 71.5 Å². The number of benzene rings is 2. The molecule has 0 fully saturated rings. The number of rotatable bonds is 3. The average Bonchev–Trinajstić information content (AvgIpc) is 3.27. The van der Waals surface area contributed by atoms with Crippen molar-refractivity contribution < 1.29 is 52.5 Å². The van der Waals surface area contributed by atoms with Crippen LogP contribution in [0.25, 0.3) is 0 Å². The third-order valence-corrected chi connectivity index (χ3v) is 8.75. The third-order valence-electron chi connectivity index (χ3n) is 8.75. The molecule has 234 valence electrons. The maximum atomic E-state index is 12.0. The molecule has 0 aromatic heterocycles. The summed E-state index contributed by atoms with van der Waals surface area (Å²) in [6.45, 7) is 13.4. The standard InChI is InChI=1S/C33H37N2O4.ClHO4/c1-20(36)38-24-16-22(30-32(3,4)26-11-7-9-13-28(26)34(30)18-24)15-23-17-25(39-21(2)37)19-35-29-14-10-8-12-27(29)33(5,6)31(23)35;2-1(3,4)5/h7-15,24-25H,16-19H2,1-6H3;(H,2,3,4,5)/q+1;/p-1. The normalized spacial score (nSPS) is 23.7. The van der Waals surface area contributed by atoms with Gasteiger partial charge in [0, 0.05) is 60.7 Å². The first-order chi connectivity index (χ1) is 20.5.